The van der Waals surface area contributed by atoms with Crippen LogP contribution in [-0.4, -0.2) is 68.5 Å². The first kappa shape index (κ1) is 68.0. The van der Waals surface area contributed by atoms with Gasteiger partial charge in [-0.05, 0) is 32.1 Å². The lowest BCUT2D eigenvalue weighted by atomic mass is 10.0. The van der Waals surface area contributed by atoms with Gasteiger partial charge in [0.1, 0.15) is 13.2 Å². The van der Waals surface area contributed by atoms with Crippen molar-refractivity contribution in [3.63, 3.8) is 0 Å². The molecule has 0 heterocycles. The van der Waals surface area contributed by atoms with Gasteiger partial charge in [-0.3, -0.25) is 9.36 Å². The maximum Gasteiger partial charge on any atom is 0.268 e. The Kier molecular flexibility index (Phi) is 51.1. The van der Waals surface area contributed by atoms with E-state index in [1.807, 2.05) is 27.2 Å². The molecule has 0 aromatic heterocycles. The van der Waals surface area contributed by atoms with Crippen LogP contribution < -0.4 is 10.2 Å². The molecule has 1 amide bonds. The summed E-state index contributed by atoms with van der Waals surface area (Å²) in [4.78, 5) is 25.5. The van der Waals surface area contributed by atoms with Crippen LogP contribution in [0.2, 0.25) is 0 Å². The van der Waals surface area contributed by atoms with Gasteiger partial charge in [0, 0.05) is 6.42 Å². The van der Waals surface area contributed by atoms with Gasteiger partial charge in [-0.25, -0.2) is 0 Å². The molecule has 0 aliphatic rings. The molecule has 69 heavy (non-hydrogen) atoms. The number of phosphoric ester groups is 1. The van der Waals surface area contributed by atoms with E-state index in [2.05, 4.69) is 31.3 Å². The van der Waals surface area contributed by atoms with Crippen LogP contribution in [0, 0.1) is 0 Å². The second kappa shape index (κ2) is 51.9. The van der Waals surface area contributed by atoms with Crippen molar-refractivity contribution < 1.29 is 32.9 Å². The molecule has 0 aromatic rings. The predicted octanol–water partition coefficient (Wildman–Crippen LogP) is 17.7. The Balaban J connectivity index is 4.18. The third kappa shape index (κ3) is 54.6. The van der Waals surface area contributed by atoms with Crippen molar-refractivity contribution in [1.82, 2.24) is 5.32 Å². The second-order valence-corrected chi connectivity index (χ2v) is 23.5. The molecule has 0 radical (unpaired) electrons. The van der Waals surface area contributed by atoms with E-state index in [0.717, 1.165) is 38.5 Å². The molecule has 0 aromatic carbocycles. The smallest absolute Gasteiger partial charge is 0.268 e. The van der Waals surface area contributed by atoms with Crippen molar-refractivity contribution in [3.8, 4) is 0 Å². The Morgan fingerprint density at radius 2 is 0.812 bits per heavy atom. The number of likely N-dealkylation sites (N-methyl/N-ethyl adjacent to an activating group) is 1. The van der Waals surface area contributed by atoms with Gasteiger partial charge in [-0.1, -0.05) is 289 Å². The summed E-state index contributed by atoms with van der Waals surface area (Å²) in [6, 6.07) is -0.900. The summed E-state index contributed by atoms with van der Waals surface area (Å²) < 4.78 is 23.4. The van der Waals surface area contributed by atoms with E-state index < -0.39 is 20.0 Å². The Morgan fingerprint density at radius 3 is 1.17 bits per heavy atom. The van der Waals surface area contributed by atoms with Crippen molar-refractivity contribution in [1.29, 1.82) is 0 Å². The first-order chi connectivity index (χ1) is 33.5. The van der Waals surface area contributed by atoms with Gasteiger partial charge in [-0.2, -0.15) is 0 Å². The number of phosphoric acid groups is 1. The molecule has 2 N–H and O–H groups in total. The Hall–Kier alpha value is -1.02. The minimum Gasteiger partial charge on any atom is -0.756 e. The number of carbonyl (C=O) groups excluding carboxylic acids is 1. The summed E-state index contributed by atoms with van der Waals surface area (Å²) >= 11 is 0. The highest BCUT2D eigenvalue weighted by atomic mass is 31.2. The molecule has 0 rings (SSSR count). The van der Waals surface area contributed by atoms with Crippen molar-refractivity contribution >= 4 is 13.7 Å². The number of carbonyl (C=O) groups is 1. The summed E-state index contributed by atoms with van der Waals surface area (Å²) in [5.74, 6) is -0.201. The zero-order valence-electron chi connectivity index (χ0n) is 46.8. The maximum atomic E-state index is 13.0. The average molecular weight is 996 g/mol. The molecule has 0 aliphatic carbocycles. The SMILES string of the molecule is CCCCCCCCCCCCCCCCCCCCCCCC/C=C/CC/C=C/C(O)C(COP(=O)([O-])OCC[N+](C)(C)C)NC(=O)CCCCCCCCCCCCCCCCCCCCC. The summed E-state index contributed by atoms with van der Waals surface area (Å²) in [6.07, 6.45) is 65.6. The minimum atomic E-state index is -4.60. The Morgan fingerprint density at radius 1 is 0.493 bits per heavy atom. The second-order valence-electron chi connectivity index (χ2n) is 22.1. The molecular weight excluding hydrogens is 876 g/mol. The van der Waals surface area contributed by atoms with E-state index in [1.165, 1.54) is 244 Å². The lowest BCUT2D eigenvalue weighted by Crippen LogP contribution is -2.45. The summed E-state index contributed by atoms with van der Waals surface area (Å²) in [7, 11) is 1.26. The van der Waals surface area contributed by atoms with Crippen molar-refractivity contribution in [2.45, 2.75) is 315 Å². The first-order valence-corrected chi connectivity index (χ1v) is 31.7. The number of amides is 1. The minimum absolute atomic E-state index is 0.00366. The van der Waals surface area contributed by atoms with E-state index in [1.54, 1.807) is 6.08 Å². The fourth-order valence-corrected chi connectivity index (χ4v) is 9.90. The summed E-state index contributed by atoms with van der Waals surface area (Å²) in [5, 5.41) is 13.9. The number of hydrogen-bond donors (Lipinski definition) is 2. The number of aliphatic hydroxyl groups is 1. The van der Waals surface area contributed by atoms with Crippen molar-refractivity contribution in [3.05, 3.63) is 24.3 Å². The highest BCUT2D eigenvalue weighted by Gasteiger charge is 2.23. The highest BCUT2D eigenvalue weighted by Crippen LogP contribution is 2.38. The molecule has 8 nitrogen and oxygen atoms in total. The molecule has 0 saturated carbocycles. The number of nitrogens with zero attached hydrogens (tertiary/aromatic N) is 1. The average Bonchev–Trinajstić information content (AvgIpc) is 3.31. The molecular formula is C60H119N2O6P. The molecule has 0 fully saturated rings. The standard InChI is InChI=1S/C60H119N2O6P/c1-6-8-10-12-14-16-18-20-22-24-26-27-28-29-30-31-32-33-34-36-37-39-41-43-45-47-49-51-53-59(63)58(57-68-69(65,66)67-56-55-62(3,4)5)61-60(64)54-52-50-48-46-44-42-40-38-35-25-23-21-19-17-15-13-11-9-7-2/h43,45,51,53,58-59,63H,6-42,44,46-50,52,54-57H2,1-5H3,(H-,61,64,65,66)/b45-43+,53-51+. The molecule has 3 atom stereocenters. The molecule has 9 heteroatoms. The van der Waals surface area contributed by atoms with Crippen LogP contribution in [0.1, 0.15) is 303 Å². The lowest BCUT2D eigenvalue weighted by molar-refractivity contribution is -0.870. The van der Waals surface area contributed by atoms with Crippen LogP contribution in [0.4, 0.5) is 0 Å². The van der Waals surface area contributed by atoms with E-state index >= 15 is 0 Å². The van der Waals surface area contributed by atoms with E-state index in [4.69, 9.17) is 9.05 Å². The van der Waals surface area contributed by atoms with Crippen LogP contribution in [0.15, 0.2) is 24.3 Å². The fraction of sp³-hybridized carbons (Fsp3) is 0.917. The normalized spacial score (nSPS) is 14.0. The lowest BCUT2D eigenvalue weighted by Gasteiger charge is -2.29. The van der Waals surface area contributed by atoms with Crippen LogP contribution in [-0.2, 0) is 18.4 Å². The number of quaternary nitrogens is 1. The van der Waals surface area contributed by atoms with Gasteiger partial charge in [0.15, 0.2) is 0 Å². The van der Waals surface area contributed by atoms with Crippen LogP contribution in [0.3, 0.4) is 0 Å². The summed E-state index contributed by atoms with van der Waals surface area (Å²) in [6.45, 7) is 4.68. The van der Waals surface area contributed by atoms with Gasteiger partial charge < -0.3 is 28.8 Å². The third-order valence-corrected chi connectivity index (χ3v) is 14.9. The zero-order valence-corrected chi connectivity index (χ0v) is 47.7. The van der Waals surface area contributed by atoms with Crippen molar-refractivity contribution in [2.75, 3.05) is 40.9 Å². The molecule has 410 valence electrons. The predicted molar refractivity (Wildman–Crippen MR) is 298 cm³/mol. The Bertz CT molecular complexity index is 1170. The van der Waals surface area contributed by atoms with Crippen LogP contribution in [0.5, 0.6) is 0 Å². The van der Waals surface area contributed by atoms with Gasteiger partial charge in [0.2, 0.25) is 5.91 Å². The van der Waals surface area contributed by atoms with Gasteiger partial charge in [-0.15, -0.1) is 0 Å². The number of nitrogens with one attached hydrogen (secondary N) is 1. The van der Waals surface area contributed by atoms with Crippen LogP contribution in [0.25, 0.3) is 0 Å². The molecule has 0 aliphatic heterocycles. The van der Waals surface area contributed by atoms with Gasteiger partial charge in [0.25, 0.3) is 7.82 Å². The monoisotopic (exact) mass is 995 g/mol. The van der Waals surface area contributed by atoms with E-state index in [-0.39, 0.29) is 19.1 Å². The van der Waals surface area contributed by atoms with E-state index in [9.17, 15) is 19.4 Å². The number of unbranched alkanes of at least 4 members (excludes halogenated alkanes) is 41. The maximum absolute atomic E-state index is 13.0. The molecule has 0 saturated heterocycles. The quantitative estimate of drug-likeness (QED) is 0.0272. The fourth-order valence-electron chi connectivity index (χ4n) is 9.17. The molecule has 0 bridgehead atoms. The molecule has 0 spiro atoms. The third-order valence-electron chi connectivity index (χ3n) is 13.9. The topological polar surface area (TPSA) is 108 Å². The van der Waals surface area contributed by atoms with Gasteiger partial charge >= 0.3 is 0 Å². The van der Waals surface area contributed by atoms with E-state index in [0.29, 0.717) is 17.4 Å². The zero-order chi connectivity index (χ0) is 50.6. The molecule has 3 unspecified atom stereocenters. The highest BCUT2D eigenvalue weighted by molar-refractivity contribution is 7.45. The largest absolute Gasteiger partial charge is 0.756 e. The van der Waals surface area contributed by atoms with Crippen LogP contribution >= 0.6 is 7.82 Å². The number of hydrogen-bond acceptors (Lipinski definition) is 6. The first-order valence-electron chi connectivity index (χ1n) is 30.2. The number of aliphatic hydroxyl groups excluding tert-OH is 1. The van der Waals surface area contributed by atoms with Crippen molar-refractivity contribution in [2.24, 2.45) is 0 Å². The summed E-state index contributed by atoms with van der Waals surface area (Å²) in [5.41, 5.74) is 0. The number of allylic oxidation sites excluding steroid dienone is 3. The number of rotatable bonds is 56. The van der Waals surface area contributed by atoms with Gasteiger partial charge in [0.05, 0.1) is 39.9 Å². The Labute approximate surface area is 430 Å².